The first-order valence-electron chi connectivity index (χ1n) is 8.44. The summed E-state index contributed by atoms with van der Waals surface area (Å²) in [5.74, 6) is -1.77. The standard InChI is InChI=1S/C20H18FNO5/c1-26-18-9-6-14(11-16(18)21)17(23)12-27-20(25)13-4-7-15(8-5-13)22-10-2-3-19(22)24/h4-9,11H,2-3,10,12H2,1H3. The summed E-state index contributed by atoms with van der Waals surface area (Å²) in [7, 11) is 1.33. The van der Waals surface area contributed by atoms with Crippen molar-refractivity contribution < 1.29 is 28.2 Å². The average molecular weight is 371 g/mol. The fraction of sp³-hybridized carbons (Fsp3) is 0.250. The molecule has 0 spiro atoms. The zero-order valence-corrected chi connectivity index (χ0v) is 14.7. The van der Waals surface area contributed by atoms with Crippen LogP contribution in [0.1, 0.15) is 33.6 Å². The largest absolute Gasteiger partial charge is 0.494 e. The van der Waals surface area contributed by atoms with Gasteiger partial charge in [-0.1, -0.05) is 0 Å². The highest BCUT2D eigenvalue weighted by atomic mass is 19.1. The first kappa shape index (κ1) is 18.6. The molecule has 1 saturated heterocycles. The second-order valence-electron chi connectivity index (χ2n) is 6.04. The van der Waals surface area contributed by atoms with Gasteiger partial charge in [-0.25, -0.2) is 9.18 Å². The van der Waals surface area contributed by atoms with Crippen molar-refractivity contribution in [3.63, 3.8) is 0 Å². The Morgan fingerprint density at radius 3 is 2.41 bits per heavy atom. The van der Waals surface area contributed by atoms with E-state index in [1.54, 1.807) is 29.2 Å². The van der Waals surface area contributed by atoms with Crippen LogP contribution in [0.15, 0.2) is 42.5 Å². The zero-order chi connectivity index (χ0) is 19.4. The normalized spacial score (nSPS) is 13.6. The van der Waals surface area contributed by atoms with E-state index in [0.717, 1.165) is 18.2 Å². The molecule has 1 amide bonds. The number of carbonyl (C=O) groups excluding carboxylic acids is 3. The Labute approximate surface area is 155 Å². The lowest BCUT2D eigenvalue weighted by Gasteiger charge is -2.15. The lowest BCUT2D eigenvalue weighted by molar-refractivity contribution is -0.117. The van der Waals surface area contributed by atoms with Gasteiger partial charge in [-0.05, 0) is 48.9 Å². The van der Waals surface area contributed by atoms with Gasteiger partial charge in [0.05, 0.1) is 12.7 Å². The number of esters is 1. The molecule has 0 saturated carbocycles. The van der Waals surface area contributed by atoms with E-state index in [2.05, 4.69) is 0 Å². The minimum absolute atomic E-state index is 0.0279. The molecule has 1 aliphatic rings. The van der Waals surface area contributed by atoms with Gasteiger partial charge in [0.25, 0.3) is 0 Å². The monoisotopic (exact) mass is 371 g/mol. The summed E-state index contributed by atoms with van der Waals surface area (Å²) in [6, 6.07) is 10.2. The van der Waals surface area contributed by atoms with Crippen molar-refractivity contribution in [2.45, 2.75) is 12.8 Å². The number of carbonyl (C=O) groups is 3. The number of hydrogen-bond donors (Lipinski definition) is 0. The van der Waals surface area contributed by atoms with Gasteiger partial charge in [0, 0.05) is 24.2 Å². The van der Waals surface area contributed by atoms with Gasteiger partial charge in [0.2, 0.25) is 5.91 Å². The molecule has 0 unspecified atom stereocenters. The first-order chi connectivity index (χ1) is 13.0. The molecule has 1 heterocycles. The number of amides is 1. The lowest BCUT2D eigenvalue weighted by Crippen LogP contribution is -2.23. The van der Waals surface area contributed by atoms with Gasteiger partial charge >= 0.3 is 5.97 Å². The Morgan fingerprint density at radius 1 is 1.11 bits per heavy atom. The molecule has 0 atom stereocenters. The fourth-order valence-corrected chi connectivity index (χ4v) is 2.84. The molecule has 6 nitrogen and oxygen atoms in total. The Bertz CT molecular complexity index is 878. The fourth-order valence-electron chi connectivity index (χ4n) is 2.84. The number of rotatable bonds is 6. The van der Waals surface area contributed by atoms with Crippen LogP contribution in [0, 0.1) is 5.82 Å². The SMILES string of the molecule is COc1ccc(C(=O)COC(=O)c2ccc(N3CCCC3=O)cc2)cc1F. The van der Waals surface area contributed by atoms with Crippen molar-refractivity contribution in [1.29, 1.82) is 0 Å². The summed E-state index contributed by atoms with van der Waals surface area (Å²) in [6.07, 6.45) is 1.34. The van der Waals surface area contributed by atoms with E-state index < -0.39 is 24.2 Å². The van der Waals surface area contributed by atoms with Gasteiger partial charge in [0.15, 0.2) is 24.0 Å². The summed E-state index contributed by atoms with van der Waals surface area (Å²) in [5, 5.41) is 0. The second kappa shape index (κ2) is 7.99. The molecule has 0 N–H and O–H groups in total. The quantitative estimate of drug-likeness (QED) is 0.577. The Morgan fingerprint density at radius 2 is 1.81 bits per heavy atom. The van der Waals surface area contributed by atoms with Gasteiger partial charge in [-0.15, -0.1) is 0 Å². The highest BCUT2D eigenvalue weighted by molar-refractivity contribution is 6.00. The molecule has 2 aromatic rings. The zero-order valence-electron chi connectivity index (χ0n) is 14.7. The van der Waals surface area contributed by atoms with E-state index in [0.29, 0.717) is 13.0 Å². The van der Waals surface area contributed by atoms with E-state index >= 15 is 0 Å². The second-order valence-corrected chi connectivity index (χ2v) is 6.04. The van der Waals surface area contributed by atoms with Crippen LogP contribution in [0.25, 0.3) is 0 Å². The van der Waals surface area contributed by atoms with Crippen LogP contribution in [0.5, 0.6) is 5.75 Å². The molecule has 0 aliphatic carbocycles. The summed E-state index contributed by atoms with van der Waals surface area (Å²) in [6.45, 7) is 0.159. The molecule has 27 heavy (non-hydrogen) atoms. The molecule has 7 heteroatoms. The third-order valence-electron chi connectivity index (χ3n) is 4.30. The maximum atomic E-state index is 13.7. The van der Waals surface area contributed by atoms with E-state index in [1.165, 1.54) is 19.2 Å². The Balaban J connectivity index is 1.59. The van der Waals surface area contributed by atoms with Crippen LogP contribution in [-0.4, -0.2) is 37.9 Å². The van der Waals surface area contributed by atoms with E-state index in [4.69, 9.17) is 9.47 Å². The summed E-state index contributed by atoms with van der Waals surface area (Å²) in [5.41, 5.74) is 1.07. The number of ether oxygens (including phenoxy) is 2. The molecular weight excluding hydrogens is 353 g/mol. The van der Waals surface area contributed by atoms with E-state index in [-0.39, 0.29) is 22.8 Å². The van der Waals surface area contributed by atoms with Crippen molar-refractivity contribution in [3.05, 3.63) is 59.4 Å². The van der Waals surface area contributed by atoms with Crippen LogP contribution in [0.2, 0.25) is 0 Å². The van der Waals surface area contributed by atoms with Crippen molar-refractivity contribution in [2.24, 2.45) is 0 Å². The van der Waals surface area contributed by atoms with Crippen molar-refractivity contribution in [2.75, 3.05) is 25.2 Å². The number of ketones is 1. The highest BCUT2D eigenvalue weighted by Gasteiger charge is 2.22. The summed E-state index contributed by atoms with van der Waals surface area (Å²) >= 11 is 0. The van der Waals surface area contributed by atoms with Crippen molar-refractivity contribution >= 4 is 23.3 Å². The molecule has 2 aromatic carbocycles. The smallest absolute Gasteiger partial charge is 0.338 e. The number of benzene rings is 2. The minimum atomic E-state index is -0.670. The minimum Gasteiger partial charge on any atom is -0.494 e. The molecule has 0 bridgehead atoms. The Hall–Kier alpha value is -3.22. The number of hydrogen-bond acceptors (Lipinski definition) is 5. The van der Waals surface area contributed by atoms with Crippen LogP contribution < -0.4 is 9.64 Å². The van der Waals surface area contributed by atoms with Crippen LogP contribution in [0.4, 0.5) is 10.1 Å². The molecule has 1 aliphatic heterocycles. The van der Waals surface area contributed by atoms with Gasteiger partial charge in [0.1, 0.15) is 0 Å². The summed E-state index contributed by atoms with van der Waals surface area (Å²) in [4.78, 5) is 37.6. The number of nitrogens with zero attached hydrogens (tertiary/aromatic N) is 1. The predicted octanol–water partition coefficient (Wildman–Crippen LogP) is 3.00. The first-order valence-corrected chi connectivity index (χ1v) is 8.44. The molecular formula is C20H18FNO5. The number of anilines is 1. The van der Waals surface area contributed by atoms with Gasteiger partial charge in [-0.3, -0.25) is 9.59 Å². The maximum absolute atomic E-state index is 13.7. The number of methoxy groups -OCH3 is 1. The van der Waals surface area contributed by atoms with Crippen molar-refractivity contribution in [1.82, 2.24) is 0 Å². The molecule has 0 radical (unpaired) electrons. The lowest BCUT2D eigenvalue weighted by atomic mass is 10.1. The average Bonchev–Trinajstić information content (AvgIpc) is 3.11. The molecule has 140 valence electrons. The Kier molecular flexibility index (Phi) is 5.49. The van der Waals surface area contributed by atoms with Crippen molar-refractivity contribution in [3.8, 4) is 5.75 Å². The topological polar surface area (TPSA) is 72.9 Å². The maximum Gasteiger partial charge on any atom is 0.338 e. The highest BCUT2D eigenvalue weighted by Crippen LogP contribution is 2.22. The van der Waals surface area contributed by atoms with Gasteiger partial charge in [-0.2, -0.15) is 0 Å². The van der Waals surface area contributed by atoms with Crippen LogP contribution >= 0.6 is 0 Å². The van der Waals surface area contributed by atoms with E-state index in [1.807, 2.05) is 0 Å². The van der Waals surface area contributed by atoms with E-state index in [9.17, 15) is 18.8 Å². The molecule has 1 fully saturated rings. The molecule has 0 aromatic heterocycles. The van der Waals surface area contributed by atoms with Crippen LogP contribution in [0.3, 0.4) is 0 Å². The summed E-state index contributed by atoms with van der Waals surface area (Å²) < 4.78 is 23.5. The van der Waals surface area contributed by atoms with Crippen LogP contribution in [-0.2, 0) is 9.53 Å². The number of halogens is 1. The van der Waals surface area contributed by atoms with Gasteiger partial charge < -0.3 is 14.4 Å². The molecule has 3 rings (SSSR count). The third-order valence-corrected chi connectivity index (χ3v) is 4.30. The third kappa shape index (κ3) is 4.13. The number of Topliss-reactive ketones (excluding diaryl/α,β-unsaturated/α-hetero) is 1. The predicted molar refractivity (Wildman–Crippen MR) is 95.6 cm³/mol.